The van der Waals surface area contributed by atoms with E-state index in [1.165, 1.54) is 18.3 Å². The molecule has 2 aromatic carbocycles. The average Bonchev–Trinajstić information content (AvgIpc) is 3.04. The van der Waals surface area contributed by atoms with Crippen molar-refractivity contribution in [3.63, 3.8) is 0 Å². The molecule has 0 unspecified atom stereocenters. The molecule has 0 spiro atoms. The van der Waals surface area contributed by atoms with E-state index in [9.17, 15) is 8.42 Å². The smallest absolute Gasteiger partial charge is 0.175 e. The first kappa shape index (κ1) is 17.2. The number of hydrogen-bond acceptors (Lipinski definition) is 5. The van der Waals surface area contributed by atoms with E-state index in [1.54, 1.807) is 12.1 Å². The van der Waals surface area contributed by atoms with Crippen molar-refractivity contribution in [2.45, 2.75) is 11.8 Å². The van der Waals surface area contributed by atoms with Crippen molar-refractivity contribution in [1.29, 1.82) is 0 Å². The Morgan fingerprint density at radius 1 is 1.04 bits per heavy atom. The molecule has 2 N–H and O–H groups in total. The number of rotatable bonds is 3. The molecule has 0 saturated heterocycles. The van der Waals surface area contributed by atoms with Crippen molar-refractivity contribution in [3.05, 3.63) is 54.2 Å². The average molecular weight is 378 g/mol. The maximum Gasteiger partial charge on any atom is 0.175 e. The molecule has 2 aromatic heterocycles. The van der Waals surface area contributed by atoms with Crippen LogP contribution in [0.25, 0.3) is 33.8 Å². The number of nitrogens with one attached hydrogen (secondary N) is 2. The standard InChI is InChI=1S/C19H16N5O2S/c1-11-3-8-14-15(9-11)24-19(23-14)17-18(20)21-10-16(22-17)12-4-6-13(7-5-12)27(2,25)26/h3-10,20H,1-2H3,(H,23,24). The SMILES string of the molecule is Cc1ccc2nc(-c3nc(-c4ccc(S(C)(=O)=O)cc4)cnc3[NH])[nH]c2c1. The molecule has 4 rings (SSSR count). The summed E-state index contributed by atoms with van der Waals surface area (Å²) in [6, 6.07) is 12.3. The van der Waals surface area contributed by atoms with Crippen molar-refractivity contribution in [3.8, 4) is 22.8 Å². The number of H-pyrrole nitrogens is 1. The molecule has 2 heterocycles. The minimum atomic E-state index is -3.26. The van der Waals surface area contributed by atoms with E-state index < -0.39 is 9.84 Å². The van der Waals surface area contributed by atoms with Gasteiger partial charge in [-0.3, -0.25) is 5.73 Å². The van der Waals surface area contributed by atoms with Crippen LogP contribution in [0.2, 0.25) is 0 Å². The van der Waals surface area contributed by atoms with Crippen LogP contribution in [0.1, 0.15) is 5.56 Å². The minimum Gasteiger partial charge on any atom is -0.337 e. The first-order valence-electron chi connectivity index (χ1n) is 8.17. The van der Waals surface area contributed by atoms with Crippen LogP contribution < -0.4 is 5.73 Å². The van der Waals surface area contributed by atoms with Crippen molar-refractivity contribution >= 4 is 26.7 Å². The highest BCUT2D eigenvalue weighted by molar-refractivity contribution is 7.90. The van der Waals surface area contributed by atoms with Crippen LogP contribution in [0.15, 0.2) is 53.6 Å². The van der Waals surface area contributed by atoms with Gasteiger partial charge in [0.15, 0.2) is 27.2 Å². The summed E-state index contributed by atoms with van der Waals surface area (Å²) in [6.07, 6.45) is 2.66. The molecule has 0 atom stereocenters. The summed E-state index contributed by atoms with van der Waals surface area (Å²) in [5.74, 6) is 0.491. The molecule has 7 nitrogen and oxygen atoms in total. The summed E-state index contributed by atoms with van der Waals surface area (Å²) in [7, 11) is -3.26. The molecule has 27 heavy (non-hydrogen) atoms. The number of fused-ring (bicyclic) bond motifs is 1. The van der Waals surface area contributed by atoms with E-state index in [1.807, 2.05) is 25.1 Å². The summed E-state index contributed by atoms with van der Waals surface area (Å²) in [5, 5.41) is 0. The molecule has 1 radical (unpaired) electrons. The van der Waals surface area contributed by atoms with Crippen LogP contribution in [-0.2, 0) is 9.84 Å². The molecule has 0 aliphatic heterocycles. The van der Waals surface area contributed by atoms with Gasteiger partial charge in [0.05, 0.1) is 27.8 Å². The zero-order valence-corrected chi connectivity index (χ0v) is 15.5. The zero-order chi connectivity index (χ0) is 19.2. The lowest BCUT2D eigenvalue weighted by molar-refractivity contribution is 0.602. The van der Waals surface area contributed by atoms with Crippen molar-refractivity contribution in [1.82, 2.24) is 25.7 Å². The summed E-state index contributed by atoms with van der Waals surface area (Å²) in [5.41, 5.74) is 12.4. The number of hydrogen-bond donors (Lipinski definition) is 1. The number of aryl methyl sites for hydroxylation is 1. The Morgan fingerprint density at radius 3 is 2.48 bits per heavy atom. The van der Waals surface area contributed by atoms with Crippen LogP contribution in [0.3, 0.4) is 0 Å². The van der Waals surface area contributed by atoms with E-state index in [4.69, 9.17) is 5.73 Å². The molecule has 0 amide bonds. The third-order valence-electron chi connectivity index (χ3n) is 4.21. The van der Waals surface area contributed by atoms with Crippen LogP contribution in [0, 0.1) is 6.92 Å². The number of aromatic nitrogens is 4. The molecule has 0 saturated carbocycles. The van der Waals surface area contributed by atoms with Gasteiger partial charge in [0.1, 0.15) is 0 Å². The number of benzene rings is 2. The Balaban J connectivity index is 1.79. The van der Waals surface area contributed by atoms with Gasteiger partial charge in [-0.1, -0.05) is 18.2 Å². The molecular formula is C19H16N5O2S. The molecule has 8 heteroatoms. The second-order valence-corrected chi connectivity index (χ2v) is 8.37. The summed E-state index contributed by atoms with van der Waals surface area (Å²) >= 11 is 0. The lowest BCUT2D eigenvalue weighted by atomic mass is 10.1. The van der Waals surface area contributed by atoms with Gasteiger partial charge in [0, 0.05) is 11.8 Å². The predicted octanol–water partition coefficient (Wildman–Crippen LogP) is 3.31. The van der Waals surface area contributed by atoms with E-state index in [0.29, 0.717) is 22.8 Å². The Kier molecular flexibility index (Phi) is 3.92. The molecule has 0 aliphatic carbocycles. The number of aromatic amines is 1. The van der Waals surface area contributed by atoms with Gasteiger partial charge in [-0.05, 0) is 36.8 Å². The maximum absolute atomic E-state index is 11.6. The lowest BCUT2D eigenvalue weighted by Crippen LogP contribution is -1.97. The zero-order valence-electron chi connectivity index (χ0n) is 14.7. The molecule has 0 fully saturated rings. The molecule has 135 valence electrons. The second kappa shape index (κ2) is 6.17. The molecule has 0 aliphatic rings. The first-order chi connectivity index (χ1) is 12.8. The van der Waals surface area contributed by atoms with Crippen LogP contribution in [-0.4, -0.2) is 34.6 Å². The van der Waals surface area contributed by atoms with Gasteiger partial charge in [-0.15, -0.1) is 0 Å². The third kappa shape index (κ3) is 3.26. The Hall–Kier alpha value is -3.26. The Bertz CT molecular complexity index is 1260. The fraction of sp³-hybridized carbons (Fsp3) is 0.105. The first-order valence-corrected chi connectivity index (χ1v) is 10.1. The molecule has 0 bridgehead atoms. The van der Waals surface area contributed by atoms with Gasteiger partial charge in [-0.2, -0.15) is 0 Å². The van der Waals surface area contributed by atoms with Gasteiger partial charge >= 0.3 is 0 Å². The van der Waals surface area contributed by atoms with E-state index >= 15 is 0 Å². The number of sulfone groups is 1. The Morgan fingerprint density at radius 2 is 1.78 bits per heavy atom. The highest BCUT2D eigenvalue weighted by Gasteiger charge is 2.14. The second-order valence-electron chi connectivity index (χ2n) is 6.36. The van der Waals surface area contributed by atoms with E-state index in [2.05, 4.69) is 19.9 Å². The fourth-order valence-electron chi connectivity index (χ4n) is 2.80. The van der Waals surface area contributed by atoms with E-state index in [-0.39, 0.29) is 10.7 Å². The third-order valence-corrected chi connectivity index (χ3v) is 5.34. The molecular weight excluding hydrogens is 362 g/mol. The van der Waals surface area contributed by atoms with Crippen molar-refractivity contribution in [2.24, 2.45) is 0 Å². The highest BCUT2D eigenvalue weighted by atomic mass is 32.2. The van der Waals surface area contributed by atoms with Gasteiger partial charge < -0.3 is 4.98 Å². The van der Waals surface area contributed by atoms with Gasteiger partial charge in [-0.25, -0.2) is 23.4 Å². The number of nitrogens with zero attached hydrogens (tertiary/aromatic N) is 3. The highest BCUT2D eigenvalue weighted by Crippen LogP contribution is 2.27. The summed E-state index contributed by atoms with van der Waals surface area (Å²) < 4.78 is 23.2. The fourth-order valence-corrected chi connectivity index (χ4v) is 3.43. The van der Waals surface area contributed by atoms with Crippen molar-refractivity contribution in [2.75, 3.05) is 6.26 Å². The van der Waals surface area contributed by atoms with E-state index in [0.717, 1.165) is 22.9 Å². The van der Waals surface area contributed by atoms with Gasteiger partial charge in [0.2, 0.25) is 0 Å². The van der Waals surface area contributed by atoms with Crippen LogP contribution >= 0.6 is 0 Å². The minimum absolute atomic E-state index is 0.0160. The normalized spacial score (nSPS) is 11.8. The monoisotopic (exact) mass is 378 g/mol. The Labute approximate surface area is 156 Å². The summed E-state index contributed by atoms with van der Waals surface area (Å²) in [4.78, 5) is 16.6. The maximum atomic E-state index is 11.6. The lowest BCUT2D eigenvalue weighted by Gasteiger charge is -2.05. The predicted molar refractivity (Wildman–Crippen MR) is 103 cm³/mol. The van der Waals surface area contributed by atoms with Crippen LogP contribution in [0.5, 0.6) is 0 Å². The van der Waals surface area contributed by atoms with Crippen LogP contribution in [0.4, 0.5) is 5.82 Å². The van der Waals surface area contributed by atoms with Gasteiger partial charge in [0.25, 0.3) is 0 Å². The topological polar surface area (TPSA) is 112 Å². The molecule has 4 aromatic rings. The quantitative estimate of drug-likeness (QED) is 0.588. The summed E-state index contributed by atoms with van der Waals surface area (Å²) in [6.45, 7) is 2.00. The number of imidazole rings is 1. The van der Waals surface area contributed by atoms with Crippen molar-refractivity contribution < 1.29 is 8.42 Å². The largest absolute Gasteiger partial charge is 0.337 e.